The average molecular weight is 356 g/mol. The van der Waals surface area contributed by atoms with Gasteiger partial charge in [-0.2, -0.15) is 0 Å². The molecule has 0 bridgehead atoms. The van der Waals surface area contributed by atoms with Gasteiger partial charge < -0.3 is 19.1 Å². The molecule has 0 aliphatic carbocycles. The van der Waals surface area contributed by atoms with Crippen molar-refractivity contribution in [3.8, 4) is 11.5 Å². The summed E-state index contributed by atoms with van der Waals surface area (Å²) in [6.45, 7) is 4.20. The predicted molar refractivity (Wildman–Crippen MR) is 77.8 cm³/mol. The smallest absolute Gasteiger partial charge is 0.335 e. The number of aromatic nitrogens is 1. The first-order chi connectivity index (χ1) is 10.0. The third-order valence-corrected chi connectivity index (χ3v) is 3.19. The second-order valence-corrected chi connectivity index (χ2v) is 5.10. The average Bonchev–Trinajstić information content (AvgIpc) is 2.83. The van der Waals surface area contributed by atoms with Crippen molar-refractivity contribution in [2.24, 2.45) is 0 Å². The number of nitrogens with zero attached hydrogens (tertiary/aromatic N) is 1. The Balaban J connectivity index is 2.26. The molecule has 2 rings (SSSR count). The van der Waals surface area contributed by atoms with Gasteiger partial charge in [0, 0.05) is 6.07 Å². The SMILES string of the molecule is CCOc1cc(C(=O)O)cc(Br)c1OCc1cc(C)on1. The Kier molecular flexibility index (Phi) is 4.85. The number of hydrogen-bond acceptors (Lipinski definition) is 5. The van der Waals surface area contributed by atoms with Crippen LogP contribution >= 0.6 is 15.9 Å². The number of halogens is 1. The predicted octanol–water partition coefficient (Wildman–Crippen LogP) is 3.42. The van der Waals surface area contributed by atoms with Gasteiger partial charge in [0.2, 0.25) is 0 Å². The van der Waals surface area contributed by atoms with E-state index in [9.17, 15) is 4.79 Å². The van der Waals surface area contributed by atoms with Gasteiger partial charge in [0.05, 0.1) is 16.6 Å². The zero-order chi connectivity index (χ0) is 15.4. The summed E-state index contributed by atoms with van der Waals surface area (Å²) in [6.07, 6.45) is 0. The van der Waals surface area contributed by atoms with Crippen LogP contribution in [0.5, 0.6) is 11.5 Å². The van der Waals surface area contributed by atoms with Gasteiger partial charge in [-0.15, -0.1) is 0 Å². The molecule has 1 N–H and O–H groups in total. The molecule has 1 aromatic carbocycles. The first kappa shape index (κ1) is 15.4. The van der Waals surface area contributed by atoms with Crippen molar-refractivity contribution in [3.05, 3.63) is 39.7 Å². The summed E-state index contributed by atoms with van der Waals surface area (Å²) < 4.78 is 16.6. The Morgan fingerprint density at radius 1 is 1.38 bits per heavy atom. The number of aromatic carboxylic acids is 1. The minimum Gasteiger partial charge on any atom is -0.490 e. The van der Waals surface area contributed by atoms with Crippen molar-refractivity contribution in [1.29, 1.82) is 0 Å². The molecule has 6 nitrogen and oxygen atoms in total. The Morgan fingerprint density at radius 2 is 2.14 bits per heavy atom. The van der Waals surface area contributed by atoms with Crippen LogP contribution < -0.4 is 9.47 Å². The largest absolute Gasteiger partial charge is 0.490 e. The van der Waals surface area contributed by atoms with E-state index in [2.05, 4.69) is 21.1 Å². The Labute approximate surface area is 129 Å². The molecule has 112 valence electrons. The summed E-state index contributed by atoms with van der Waals surface area (Å²) in [5.41, 5.74) is 0.763. The Morgan fingerprint density at radius 3 is 2.71 bits per heavy atom. The highest BCUT2D eigenvalue weighted by molar-refractivity contribution is 9.10. The lowest BCUT2D eigenvalue weighted by Crippen LogP contribution is -2.04. The van der Waals surface area contributed by atoms with E-state index in [4.69, 9.17) is 19.1 Å². The molecule has 1 aromatic heterocycles. The zero-order valence-electron chi connectivity index (χ0n) is 11.6. The second kappa shape index (κ2) is 6.62. The van der Waals surface area contributed by atoms with Crippen molar-refractivity contribution in [2.75, 3.05) is 6.61 Å². The van der Waals surface area contributed by atoms with Crippen LogP contribution in [0.3, 0.4) is 0 Å². The van der Waals surface area contributed by atoms with Crippen LogP contribution in [0.15, 0.2) is 27.2 Å². The molecule has 2 aromatic rings. The number of carboxylic acid groups (broad SMARTS) is 1. The maximum absolute atomic E-state index is 11.1. The van der Waals surface area contributed by atoms with Crippen molar-refractivity contribution in [2.45, 2.75) is 20.5 Å². The summed E-state index contributed by atoms with van der Waals surface area (Å²) in [5.74, 6) is 0.459. The summed E-state index contributed by atoms with van der Waals surface area (Å²) >= 11 is 3.30. The minimum atomic E-state index is -1.03. The fourth-order valence-electron chi connectivity index (χ4n) is 1.73. The highest BCUT2D eigenvalue weighted by Gasteiger charge is 2.16. The van der Waals surface area contributed by atoms with Gasteiger partial charge in [-0.3, -0.25) is 0 Å². The highest BCUT2D eigenvalue weighted by Crippen LogP contribution is 2.37. The van der Waals surface area contributed by atoms with E-state index in [1.807, 2.05) is 6.92 Å². The summed E-state index contributed by atoms with van der Waals surface area (Å²) in [5, 5.41) is 12.9. The summed E-state index contributed by atoms with van der Waals surface area (Å²) in [7, 11) is 0. The van der Waals surface area contributed by atoms with E-state index in [1.165, 1.54) is 12.1 Å². The minimum absolute atomic E-state index is 0.120. The molecule has 1 heterocycles. The maximum atomic E-state index is 11.1. The molecular weight excluding hydrogens is 342 g/mol. The maximum Gasteiger partial charge on any atom is 0.335 e. The van der Waals surface area contributed by atoms with Gasteiger partial charge in [0.1, 0.15) is 18.1 Å². The second-order valence-electron chi connectivity index (χ2n) is 4.24. The molecule has 0 aliphatic heterocycles. The van der Waals surface area contributed by atoms with Crippen LogP contribution in [0.25, 0.3) is 0 Å². The number of rotatable bonds is 6. The van der Waals surface area contributed by atoms with E-state index in [1.54, 1.807) is 13.0 Å². The first-order valence-electron chi connectivity index (χ1n) is 6.26. The van der Waals surface area contributed by atoms with Crippen LogP contribution in [-0.4, -0.2) is 22.8 Å². The normalized spacial score (nSPS) is 10.4. The summed E-state index contributed by atoms with van der Waals surface area (Å²) in [6, 6.07) is 4.66. The number of carboxylic acids is 1. The van der Waals surface area contributed by atoms with Crippen LogP contribution in [0.4, 0.5) is 0 Å². The third-order valence-electron chi connectivity index (χ3n) is 2.60. The fraction of sp³-hybridized carbons (Fsp3) is 0.286. The fourth-order valence-corrected chi connectivity index (χ4v) is 2.28. The standard InChI is InChI=1S/C14H14BrNO5/c1-3-19-12-6-9(14(17)18)5-11(15)13(12)20-7-10-4-8(2)21-16-10/h4-6H,3,7H2,1-2H3,(H,17,18). The van der Waals surface area contributed by atoms with Crippen molar-refractivity contribution in [3.63, 3.8) is 0 Å². The molecule has 0 aliphatic rings. The molecule has 0 amide bonds. The number of carbonyl (C=O) groups is 1. The molecule has 0 radical (unpaired) electrons. The van der Waals surface area contributed by atoms with Crippen LogP contribution in [0.1, 0.15) is 28.7 Å². The van der Waals surface area contributed by atoms with Crippen LogP contribution in [0, 0.1) is 6.92 Å². The number of hydrogen-bond donors (Lipinski definition) is 1. The molecule has 0 saturated carbocycles. The number of benzene rings is 1. The molecule has 7 heteroatoms. The lowest BCUT2D eigenvalue weighted by molar-refractivity contribution is 0.0696. The van der Waals surface area contributed by atoms with Crippen molar-refractivity contribution >= 4 is 21.9 Å². The first-order valence-corrected chi connectivity index (χ1v) is 7.05. The van der Waals surface area contributed by atoms with Gasteiger partial charge in [-0.1, -0.05) is 5.16 Å². The van der Waals surface area contributed by atoms with Gasteiger partial charge >= 0.3 is 5.97 Å². The number of aryl methyl sites for hydroxylation is 1. The van der Waals surface area contributed by atoms with E-state index in [0.29, 0.717) is 34.0 Å². The zero-order valence-corrected chi connectivity index (χ0v) is 13.1. The van der Waals surface area contributed by atoms with E-state index in [-0.39, 0.29) is 12.2 Å². The van der Waals surface area contributed by atoms with Crippen LogP contribution in [0.2, 0.25) is 0 Å². The lowest BCUT2D eigenvalue weighted by atomic mass is 10.2. The molecule has 0 spiro atoms. The van der Waals surface area contributed by atoms with E-state index >= 15 is 0 Å². The lowest BCUT2D eigenvalue weighted by Gasteiger charge is -2.13. The number of ether oxygens (including phenoxy) is 2. The van der Waals surface area contributed by atoms with Crippen molar-refractivity contribution in [1.82, 2.24) is 5.16 Å². The van der Waals surface area contributed by atoms with Gasteiger partial charge in [-0.05, 0) is 41.9 Å². The topological polar surface area (TPSA) is 81.8 Å². The van der Waals surface area contributed by atoms with E-state index < -0.39 is 5.97 Å². The van der Waals surface area contributed by atoms with Crippen LogP contribution in [-0.2, 0) is 6.61 Å². The molecule has 21 heavy (non-hydrogen) atoms. The molecule has 0 atom stereocenters. The molecule has 0 saturated heterocycles. The monoisotopic (exact) mass is 355 g/mol. The Bertz CT molecular complexity index is 653. The summed E-state index contributed by atoms with van der Waals surface area (Å²) in [4.78, 5) is 11.1. The molecule has 0 fully saturated rings. The quantitative estimate of drug-likeness (QED) is 0.854. The molecular formula is C14H14BrNO5. The van der Waals surface area contributed by atoms with E-state index in [0.717, 1.165) is 0 Å². The highest BCUT2D eigenvalue weighted by atomic mass is 79.9. The third kappa shape index (κ3) is 3.75. The molecule has 0 unspecified atom stereocenters. The Hall–Kier alpha value is -2.02. The van der Waals surface area contributed by atoms with Gasteiger partial charge in [0.25, 0.3) is 0 Å². The van der Waals surface area contributed by atoms with Gasteiger partial charge in [-0.25, -0.2) is 4.79 Å². The van der Waals surface area contributed by atoms with Gasteiger partial charge in [0.15, 0.2) is 11.5 Å². The van der Waals surface area contributed by atoms with Crippen molar-refractivity contribution < 1.29 is 23.9 Å².